The summed E-state index contributed by atoms with van der Waals surface area (Å²) in [5.41, 5.74) is 0.205. The van der Waals surface area contributed by atoms with Crippen LogP contribution in [-0.4, -0.2) is 50.9 Å². The summed E-state index contributed by atoms with van der Waals surface area (Å²) in [7, 11) is -4.34. The highest BCUT2D eigenvalue weighted by molar-refractivity contribution is 7.92. The Balaban J connectivity index is 2.00. The van der Waals surface area contributed by atoms with Crippen molar-refractivity contribution in [2.24, 2.45) is 0 Å². The Morgan fingerprint density at radius 2 is 1.61 bits per heavy atom. The Kier molecular flexibility index (Phi) is 11.2. The molecule has 0 aliphatic rings. The SMILES string of the molecule is CCCCNC(=O)[C@H](C)N(Cc1ccccc1F)C(=O)CN(c1ccc(F)cc1)S(=O)(=O)c1ccc(OCC)cc1. The Labute approximate surface area is 240 Å². The van der Waals surface area contributed by atoms with E-state index in [1.54, 1.807) is 13.0 Å². The van der Waals surface area contributed by atoms with E-state index in [1.165, 1.54) is 61.5 Å². The molecule has 220 valence electrons. The zero-order chi connectivity index (χ0) is 30.0. The molecular formula is C30H35F2N3O5S. The first-order valence-electron chi connectivity index (χ1n) is 13.4. The second-order valence-corrected chi connectivity index (χ2v) is 11.2. The smallest absolute Gasteiger partial charge is 0.264 e. The number of nitrogens with one attached hydrogen (secondary N) is 1. The molecule has 0 heterocycles. The lowest BCUT2D eigenvalue weighted by atomic mass is 10.1. The van der Waals surface area contributed by atoms with Gasteiger partial charge in [-0.15, -0.1) is 0 Å². The topological polar surface area (TPSA) is 96.0 Å². The summed E-state index contributed by atoms with van der Waals surface area (Å²) in [6.07, 6.45) is 1.58. The van der Waals surface area contributed by atoms with Gasteiger partial charge < -0.3 is 15.0 Å². The second-order valence-electron chi connectivity index (χ2n) is 9.33. The standard InChI is InChI=1S/C30H35F2N3O5S/c1-4-6-19-33-30(37)22(3)34(20-23-9-7-8-10-28(23)32)29(36)21-35(25-13-11-24(31)12-14-25)41(38,39)27-17-15-26(16-18-27)40-5-2/h7-18,22H,4-6,19-21H2,1-3H3,(H,33,37)/t22-/m0/s1. The molecule has 0 spiro atoms. The molecule has 0 fully saturated rings. The quantitative estimate of drug-likeness (QED) is 0.271. The lowest BCUT2D eigenvalue weighted by Crippen LogP contribution is -2.51. The van der Waals surface area contributed by atoms with Crippen molar-refractivity contribution in [3.63, 3.8) is 0 Å². The van der Waals surface area contributed by atoms with Gasteiger partial charge in [0.2, 0.25) is 11.8 Å². The summed E-state index contributed by atoms with van der Waals surface area (Å²) in [4.78, 5) is 27.8. The monoisotopic (exact) mass is 587 g/mol. The van der Waals surface area contributed by atoms with Gasteiger partial charge in [0.05, 0.1) is 17.2 Å². The fraction of sp³-hybridized carbons (Fsp3) is 0.333. The van der Waals surface area contributed by atoms with Gasteiger partial charge in [0.1, 0.15) is 30.0 Å². The molecular weight excluding hydrogens is 552 g/mol. The summed E-state index contributed by atoms with van der Waals surface area (Å²) >= 11 is 0. The van der Waals surface area contributed by atoms with Gasteiger partial charge in [0.15, 0.2) is 0 Å². The largest absolute Gasteiger partial charge is 0.494 e. The third kappa shape index (κ3) is 8.26. The maximum atomic E-state index is 14.6. The molecule has 0 bridgehead atoms. The molecule has 0 saturated carbocycles. The Bertz CT molecular complexity index is 1420. The van der Waals surface area contributed by atoms with Crippen molar-refractivity contribution in [1.82, 2.24) is 10.2 Å². The van der Waals surface area contributed by atoms with Gasteiger partial charge in [-0.05, 0) is 74.9 Å². The van der Waals surface area contributed by atoms with E-state index in [0.717, 1.165) is 34.2 Å². The van der Waals surface area contributed by atoms with Crippen molar-refractivity contribution in [3.05, 3.63) is 90.0 Å². The number of halogens is 2. The second kappa shape index (κ2) is 14.6. The Morgan fingerprint density at radius 3 is 2.22 bits per heavy atom. The molecule has 41 heavy (non-hydrogen) atoms. The summed E-state index contributed by atoms with van der Waals surface area (Å²) in [5, 5.41) is 2.77. The number of benzene rings is 3. The molecule has 0 saturated heterocycles. The van der Waals surface area contributed by atoms with Crippen LogP contribution in [0.25, 0.3) is 0 Å². The first-order chi connectivity index (χ1) is 19.6. The minimum atomic E-state index is -4.34. The molecule has 0 radical (unpaired) electrons. The number of ether oxygens (including phenoxy) is 1. The third-order valence-electron chi connectivity index (χ3n) is 6.41. The van der Waals surface area contributed by atoms with Gasteiger partial charge in [-0.3, -0.25) is 13.9 Å². The first-order valence-corrected chi connectivity index (χ1v) is 14.8. The zero-order valence-electron chi connectivity index (χ0n) is 23.3. The Hall–Kier alpha value is -3.99. The van der Waals surface area contributed by atoms with E-state index in [9.17, 15) is 26.8 Å². The molecule has 11 heteroatoms. The number of anilines is 1. The average molecular weight is 588 g/mol. The van der Waals surface area contributed by atoms with Crippen LogP contribution in [0.4, 0.5) is 14.5 Å². The average Bonchev–Trinajstić information content (AvgIpc) is 2.96. The predicted molar refractivity (Wildman–Crippen MR) is 153 cm³/mol. The van der Waals surface area contributed by atoms with Crippen LogP contribution >= 0.6 is 0 Å². The van der Waals surface area contributed by atoms with Crippen LogP contribution in [-0.2, 0) is 26.2 Å². The number of amides is 2. The lowest BCUT2D eigenvalue weighted by Gasteiger charge is -2.32. The number of rotatable bonds is 14. The van der Waals surface area contributed by atoms with Crippen molar-refractivity contribution in [2.45, 2.75) is 51.1 Å². The van der Waals surface area contributed by atoms with Crippen LogP contribution in [0.1, 0.15) is 39.2 Å². The molecule has 1 N–H and O–H groups in total. The third-order valence-corrected chi connectivity index (χ3v) is 8.20. The summed E-state index contributed by atoms with van der Waals surface area (Å²) in [5.74, 6) is -1.88. The molecule has 0 aliphatic heterocycles. The van der Waals surface area contributed by atoms with Crippen LogP contribution < -0.4 is 14.4 Å². The molecule has 8 nitrogen and oxygen atoms in total. The number of carbonyl (C=O) groups excluding carboxylic acids is 2. The van der Waals surface area contributed by atoms with Gasteiger partial charge in [-0.25, -0.2) is 17.2 Å². The van der Waals surface area contributed by atoms with Crippen molar-refractivity contribution >= 4 is 27.5 Å². The molecule has 0 aromatic heterocycles. The van der Waals surface area contributed by atoms with E-state index in [2.05, 4.69) is 5.32 Å². The summed E-state index contributed by atoms with van der Waals surface area (Å²) in [6.45, 7) is 5.07. The highest BCUT2D eigenvalue weighted by Crippen LogP contribution is 2.26. The molecule has 0 aliphatic carbocycles. The van der Waals surface area contributed by atoms with Gasteiger partial charge in [0.25, 0.3) is 10.0 Å². The van der Waals surface area contributed by atoms with E-state index < -0.39 is 46.1 Å². The van der Waals surface area contributed by atoms with Crippen LogP contribution in [0.15, 0.2) is 77.7 Å². The summed E-state index contributed by atoms with van der Waals surface area (Å²) in [6, 6.07) is 15.2. The fourth-order valence-corrected chi connectivity index (χ4v) is 5.48. The molecule has 3 aromatic carbocycles. The highest BCUT2D eigenvalue weighted by atomic mass is 32.2. The van der Waals surface area contributed by atoms with Crippen LogP contribution in [0, 0.1) is 11.6 Å². The number of nitrogens with zero attached hydrogens (tertiary/aromatic N) is 2. The molecule has 3 aromatic rings. The van der Waals surface area contributed by atoms with Gasteiger partial charge in [-0.2, -0.15) is 0 Å². The number of unbranched alkanes of at least 4 members (excludes halogenated alkanes) is 1. The minimum Gasteiger partial charge on any atom is -0.494 e. The highest BCUT2D eigenvalue weighted by Gasteiger charge is 2.33. The van der Waals surface area contributed by atoms with E-state index in [-0.39, 0.29) is 22.7 Å². The van der Waals surface area contributed by atoms with Crippen molar-refractivity contribution in [1.29, 1.82) is 0 Å². The zero-order valence-corrected chi connectivity index (χ0v) is 24.2. The number of carbonyl (C=O) groups is 2. The fourth-order valence-electron chi connectivity index (χ4n) is 4.07. The van der Waals surface area contributed by atoms with Gasteiger partial charge >= 0.3 is 0 Å². The number of sulfonamides is 1. The predicted octanol–water partition coefficient (Wildman–Crippen LogP) is 4.89. The minimum absolute atomic E-state index is 0.0412. The van der Waals surface area contributed by atoms with E-state index >= 15 is 0 Å². The maximum absolute atomic E-state index is 14.6. The molecule has 3 rings (SSSR count). The van der Waals surface area contributed by atoms with E-state index in [4.69, 9.17) is 4.74 Å². The van der Waals surface area contributed by atoms with Gasteiger partial charge in [-0.1, -0.05) is 31.5 Å². The van der Waals surface area contributed by atoms with E-state index in [1.807, 2.05) is 6.92 Å². The van der Waals surface area contributed by atoms with Crippen molar-refractivity contribution < 1.29 is 31.5 Å². The van der Waals surface area contributed by atoms with Crippen LogP contribution in [0.5, 0.6) is 5.75 Å². The first kappa shape index (κ1) is 31.5. The number of hydrogen-bond acceptors (Lipinski definition) is 5. The molecule has 1 atom stereocenters. The Morgan fingerprint density at radius 1 is 0.951 bits per heavy atom. The van der Waals surface area contributed by atoms with Crippen molar-refractivity contribution in [3.8, 4) is 5.75 Å². The van der Waals surface area contributed by atoms with E-state index in [0.29, 0.717) is 18.9 Å². The molecule has 0 unspecified atom stereocenters. The number of hydrogen-bond donors (Lipinski definition) is 1. The van der Waals surface area contributed by atoms with Crippen molar-refractivity contribution in [2.75, 3.05) is 24.0 Å². The van der Waals surface area contributed by atoms with Crippen LogP contribution in [0.2, 0.25) is 0 Å². The summed E-state index contributed by atoms with van der Waals surface area (Å²) < 4.78 is 62.2. The molecule has 2 amide bonds. The van der Waals surface area contributed by atoms with Crippen LogP contribution in [0.3, 0.4) is 0 Å². The van der Waals surface area contributed by atoms with Gasteiger partial charge in [0, 0.05) is 18.7 Å². The maximum Gasteiger partial charge on any atom is 0.264 e. The normalized spacial score (nSPS) is 11.9. The lowest BCUT2D eigenvalue weighted by molar-refractivity contribution is -0.139.